The van der Waals surface area contributed by atoms with Gasteiger partial charge in [-0.25, -0.2) is 5.43 Å². The van der Waals surface area contributed by atoms with Crippen LogP contribution in [-0.4, -0.2) is 18.0 Å². The average Bonchev–Trinajstić information content (AvgIpc) is 3.07. The number of rotatable bonds is 6. The number of hydrogen-bond donors (Lipinski definition) is 2. The fraction of sp³-hybridized carbons (Fsp3) is 0.235. The molecule has 2 N–H and O–H groups in total. The second-order valence-corrected chi connectivity index (χ2v) is 4.97. The van der Waals surface area contributed by atoms with Crippen molar-refractivity contribution in [1.82, 2.24) is 5.43 Å². The van der Waals surface area contributed by atoms with Crippen molar-refractivity contribution in [2.45, 2.75) is 26.2 Å². The van der Waals surface area contributed by atoms with E-state index in [1.807, 2.05) is 12.1 Å². The molecule has 2 amide bonds. The van der Waals surface area contributed by atoms with Gasteiger partial charge in [-0.05, 0) is 42.7 Å². The molecule has 0 fully saturated rings. The summed E-state index contributed by atoms with van der Waals surface area (Å²) in [5, 5.41) is 6.17. The topological polar surface area (TPSA) is 83.7 Å². The number of benzene rings is 1. The molecule has 0 bridgehead atoms. The fourth-order valence-electron chi connectivity index (χ4n) is 1.89. The number of nitrogens with one attached hydrogen (secondary N) is 2. The van der Waals surface area contributed by atoms with Crippen LogP contribution >= 0.6 is 0 Å². The van der Waals surface area contributed by atoms with Crippen molar-refractivity contribution < 1.29 is 14.0 Å². The van der Waals surface area contributed by atoms with Crippen molar-refractivity contribution >= 4 is 23.7 Å². The molecule has 6 nitrogen and oxygen atoms in total. The number of furan rings is 1. The van der Waals surface area contributed by atoms with Gasteiger partial charge in [0.25, 0.3) is 0 Å². The minimum absolute atomic E-state index is 0.480. The third-order valence-electron chi connectivity index (χ3n) is 3.14. The van der Waals surface area contributed by atoms with Crippen molar-refractivity contribution in [3.8, 4) is 0 Å². The van der Waals surface area contributed by atoms with Crippen LogP contribution < -0.4 is 10.7 Å². The molecule has 0 aliphatic carbocycles. The van der Waals surface area contributed by atoms with Crippen LogP contribution in [0.15, 0.2) is 52.2 Å². The number of carbonyl (C=O) groups excluding carboxylic acids is 2. The zero-order chi connectivity index (χ0) is 16.5. The van der Waals surface area contributed by atoms with Crippen molar-refractivity contribution in [3.63, 3.8) is 0 Å². The lowest BCUT2D eigenvalue weighted by Crippen LogP contribution is -2.32. The number of hydrazone groups is 1. The molecule has 0 radical (unpaired) electrons. The molecule has 2 aromatic rings. The summed E-state index contributed by atoms with van der Waals surface area (Å²) in [5.41, 5.74) is 3.91. The maximum absolute atomic E-state index is 11.7. The maximum Gasteiger partial charge on any atom is 0.329 e. The van der Waals surface area contributed by atoms with E-state index in [1.54, 1.807) is 24.3 Å². The molecular weight excluding hydrogens is 294 g/mol. The first-order valence-electron chi connectivity index (χ1n) is 7.46. The first kappa shape index (κ1) is 16.5. The molecule has 0 aliphatic rings. The summed E-state index contributed by atoms with van der Waals surface area (Å²) in [4.78, 5) is 23.4. The Morgan fingerprint density at radius 2 is 1.96 bits per heavy atom. The van der Waals surface area contributed by atoms with Gasteiger partial charge in [-0.1, -0.05) is 25.5 Å². The van der Waals surface area contributed by atoms with Crippen molar-refractivity contribution in [2.75, 3.05) is 5.32 Å². The van der Waals surface area contributed by atoms with Gasteiger partial charge in [0.05, 0.1) is 12.5 Å². The Morgan fingerprint density at radius 1 is 1.17 bits per heavy atom. The quantitative estimate of drug-likeness (QED) is 0.488. The number of anilines is 1. The molecule has 1 heterocycles. The first-order chi connectivity index (χ1) is 11.2. The minimum Gasteiger partial charge on any atom is -0.463 e. The second-order valence-electron chi connectivity index (χ2n) is 4.97. The molecule has 0 saturated heterocycles. The smallest absolute Gasteiger partial charge is 0.329 e. The number of aryl methyl sites for hydroxylation is 1. The monoisotopic (exact) mass is 313 g/mol. The van der Waals surface area contributed by atoms with E-state index >= 15 is 0 Å². The summed E-state index contributed by atoms with van der Waals surface area (Å²) >= 11 is 0. The van der Waals surface area contributed by atoms with Crippen molar-refractivity contribution in [3.05, 3.63) is 54.0 Å². The van der Waals surface area contributed by atoms with Crippen molar-refractivity contribution in [1.29, 1.82) is 0 Å². The van der Waals surface area contributed by atoms with E-state index in [2.05, 4.69) is 22.8 Å². The number of unbranched alkanes of at least 4 members (excludes halogenated alkanes) is 1. The number of hydrogen-bond acceptors (Lipinski definition) is 4. The van der Waals surface area contributed by atoms with Crippen LogP contribution in [0.3, 0.4) is 0 Å². The number of amides is 2. The molecule has 0 aliphatic heterocycles. The largest absolute Gasteiger partial charge is 0.463 e. The molecule has 0 saturated carbocycles. The van der Waals surface area contributed by atoms with Crippen LogP contribution in [0, 0.1) is 0 Å². The van der Waals surface area contributed by atoms with Crippen LogP contribution in [-0.2, 0) is 16.0 Å². The molecule has 1 aromatic carbocycles. The van der Waals surface area contributed by atoms with Gasteiger partial charge in [0, 0.05) is 5.69 Å². The summed E-state index contributed by atoms with van der Waals surface area (Å²) in [6.07, 6.45) is 6.07. The highest BCUT2D eigenvalue weighted by Gasteiger charge is 2.12. The Kier molecular flexibility index (Phi) is 6.11. The van der Waals surface area contributed by atoms with Gasteiger partial charge in [-0.2, -0.15) is 5.10 Å². The highest BCUT2D eigenvalue weighted by atomic mass is 16.3. The first-order valence-corrected chi connectivity index (χ1v) is 7.46. The molecule has 2 rings (SSSR count). The van der Waals surface area contributed by atoms with E-state index in [0.29, 0.717) is 11.4 Å². The normalized spacial score (nSPS) is 10.7. The van der Waals surface area contributed by atoms with E-state index < -0.39 is 11.8 Å². The van der Waals surface area contributed by atoms with E-state index in [9.17, 15) is 9.59 Å². The lowest BCUT2D eigenvalue weighted by Gasteiger charge is -2.05. The Balaban J connectivity index is 1.82. The van der Waals surface area contributed by atoms with Gasteiger partial charge in [-0.15, -0.1) is 0 Å². The third-order valence-corrected chi connectivity index (χ3v) is 3.14. The van der Waals surface area contributed by atoms with E-state index in [-0.39, 0.29) is 0 Å². The molecule has 6 heteroatoms. The molecule has 0 unspecified atom stereocenters. The van der Waals surface area contributed by atoms with E-state index in [1.165, 1.54) is 18.0 Å². The summed E-state index contributed by atoms with van der Waals surface area (Å²) in [6.45, 7) is 2.14. The zero-order valence-corrected chi connectivity index (χ0v) is 12.9. The number of carbonyl (C=O) groups is 2. The Morgan fingerprint density at radius 3 is 2.61 bits per heavy atom. The summed E-state index contributed by atoms with van der Waals surface area (Å²) in [7, 11) is 0. The van der Waals surface area contributed by atoms with Gasteiger partial charge in [-0.3, -0.25) is 9.59 Å². The summed E-state index contributed by atoms with van der Waals surface area (Å²) in [6, 6.07) is 10.8. The molecule has 1 aromatic heterocycles. The van der Waals surface area contributed by atoms with Gasteiger partial charge in [0.2, 0.25) is 0 Å². The minimum atomic E-state index is -0.845. The second kappa shape index (κ2) is 8.53. The van der Waals surface area contributed by atoms with Crippen molar-refractivity contribution in [2.24, 2.45) is 5.10 Å². The van der Waals surface area contributed by atoms with E-state index in [4.69, 9.17) is 4.42 Å². The SMILES string of the molecule is CCCCc1ccc(NC(=O)C(=O)NN=Cc2ccco2)cc1. The summed E-state index contributed by atoms with van der Waals surface area (Å²) in [5.74, 6) is -1.14. The molecule has 0 atom stereocenters. The van der Waals surface area contributed by atoms with Crippen LogP contribution in [0.4, 0.5) is 5.69 Å². The Labute approximate surface area is 134 Å². The lowest BCUT2D eigenvalue weighted by atomic mass is 10.1. The fourth-order valence-corrected chi connectivity index (χ4v) is 1.89. The molecule has 0 spiro atoms. The highest BCUT2D eigenvalue weighted by molar-refractivity contribution is 6.39. The zero-order valence-electron chi connectivity index (χ0n) is 12.9. The van der Waals surface area contributed by atoms with Crippen LogP contribution in [0.2, 0.25) is 0 Å². The predicted octanol–water partition coefficient (Wildman–Crippen LogP) is 2.71. The van der Waals surface area contributed by atoms with Gasteiger partial charge >= 0.3 is 11.8 Å². The standard InChI is InChI=1S/C17H19N3O3/c1-2-3-5-13-7-9-14(10-8-13)19-16(21)17(22)20-18-12-15-6-4-11-23-15/h4,6-12H,2-3,5H2,1H3,(H,19,21)(H,20,22). The third kappa shape index (κ3) is 5.43. The van der Waals surface area contributed by atoms with Crippen LogP contribution in [0.1, 0.15) is 31.1 Å². The molecular formula is C17H19N3O3. The maximum atomic E-state index is 11.7. The lowest BCUT2D eigenvalue weighted by molar-refractivity contribution is -0.136. The Hall–Kier alpha value is -2.89. The summed E-state index contributed by atoms with van der Waals surface area (Å²) < 4.78 is 5.01. The van der Waals surface area contributed by atoms with Gasteiger partial charge < -0.3 is 9.73 Å². The van der Waals surface area contributed by atoms with Gasteiger partial charge in [0.1, 0.15) is 5.76 Å². The highest BCUT2D eigenvalue weighted by Crippen LogP contribution is 2.11. The Bertz CT molecular complexity index is 661. The van der Waals surface area contributed by atoms with Crippen LogP contribution in [0.5, 0.6) is 0 Å². The molecule has 23 heavy (non-hydrogen) atoms. The number of nitrogens with zero attached hydrogens (tertiary/aromatic N) is 1. The average molecular weight is 313 g/mol. The van der Waals surface area contributed by atoms with Gasteiger partial charge in [0.15, 0.2) is 0 Å². The van der Waals surface area contributed by atoms with Crippen LogP contribution in [0.25, 0.3) is 0 Å². The predicted molar refractivity (Wildman–Crippen MR) is 88.1 cm³/mol. The van der Waals surface area contributed by atoms with E-state index in [0.717, 1.165) is 19.3 Å². The molecule has 120 valence electrons.